The maximum absolute atomic E-state index is 5.90. The van der Waals surface area contributed by atoms with Crippen molar-refractivity contribution in [2.24, 2.45) is 7.05 Å². The topological polar surface area (TPSA) is 85.1 Å². The third-order valence-corrected chi connectivity index (χ3v) is 5.56. The molecule has 0 atom stereocenters. The number of aromatic nitrogens is 6. The van der Waals surface area contributed by atoms with E-state index < -0.39 is 0 Å². The van der Waals surface area contributed by atoms with E-state index in [1.165, 1.54) is 0 Å². The molecule has 5 rings (SSSR count). The molecule has 0 spiro atoms. The standard InChI is InChI=1S/C22H26N8O/c1-14(2)31-22-17-11-16(5-6-19(17)23-13-24-22)29-7-9-30(10-8-29)21-18-12-25-28(4)20(18)26-15(3)27-21/h5-6,11-14H,7-10H2,1-4H3. The van der Waals surface area contributed by atoms with E-state index in [4.69, 9.17) is 9.72 Å². The molecule has 3 aromatic heterocycles. The van der Waals surface area contributed by atoms with E-state index in [-0.39, 0.29) is 6.10 Å². The maximum atomic E-state index is 5.90. The molecule has 9 heteroatoms. The molecule has 1 aromatic carbocycles. The lowest BCUT2D eigenvalue weighted by molar-refractivity contribution is 0.235. The van der Waals surface area contributed by atoms with Crippen LogP contribution < -0.4 is 14.5 Å². The Kier molecular flexibility index (Phi) is 4.80. The van der Waals surface area contributed by atoms with E-state index in [1.807, 2.05) is 40.1 Å². The van der Waals surface area contributed by atoms with Crippen LogP contribution in [-0.2, 0) is 7.05 Å². The van der Waals surface area contributed by atoms with Gasteiger partial charge in [-0.1, -0.05) is 0 Å². The second-order valence-corrected chi connectivity index (χ2v) is 8.12. The molecule has 1 aliphatic rings. The summed E-state index contributed by atoms with van der Waals surface area (Å²) in [4.78, 5) is 22.7. The molecule has 1 saturated heterocycles. The van der Waals surface area contributed by atoms with Crippen LogP contribution in [0.3, 0.4) is 0 Å². The van der Waals surface area contributed by atoms with Crippen molar-refractivity contribution in [1.82, 2.24) is 29.7 Å². The normalized spacial score (nSPS) is 14.7. The zero-order valence-electron chi connectivity index (χ0n) is 18.3. The zero-order chi connectivity index (χ0) is 21.5. The molecule has 0 bridgehead atoms. The summed E-state index contributed by atoms with van der Waals surface area (Å²) in [6.07, 6.45) is 3.48. The van der Waals surface area contributed by atoms with Gasteiger partial charge in [-0.25, -0.2) is 19.9 Å². The molecule has 9 nitrogen and oxygen atoms in total. The highest BCUT2D eigenvalue weighted by Gasteiger charge is 2.22. The molecular weight excluding hydrogens is 392 g/mol. The minimum Gasteiger partial charge on any atom is -0.474 e. The third kappa shape index (κ3) is 3.60. The van der Waals surface area contributed by atoms with Gasteiger partial charge in [0.2, 0.25) is 5.88 Å². The predicted molar refractivity (Wildman–Crippen MR) is 121 cm³/mol. The van der Waals surface area contributed by atoms with Gasteiger partial charge in [0, 0.05) is 38.9 Å². The van der Waals surface area contributed by atoms with Crippen molar-refractivity contribution in [2.75, 3.05) is 36.0 Å². The Morgan fingerprint density at radius 2 is 1.74 bits per heavy atom. The lowest BCUT2D eigenvalue weighted by atomic mass is 10.2. The number of hydrogen-bond donors (Lipinski definition) is 0. The molecule has 0 amide bonds. The predicted octanol–water partition coefficient (Wildman–Crippen LogP) is 2.73. The number of benzene rings is 1. The van der Waals surface area contributed by atoms with Gasteiger partial charge in [-0.05, 0) is 39.0 Å². The van der Waals surface area contributed by atoms with Gasteiger partial charge in [-0.3, -0.25) is 4.68 Å². The maximum Gasteiger partial charge on any atom is 0.224 e. The van der Waals surface area contributed by atoms with Crippen molar-refractivity contribution < 1.29 is 4.74 Å². The minimum absolute atomic E-state index is 0.0610. The van der Waals surface area contributed by atoms with Crippen LogP contribution in [-0.4, -0.2) is 62.0 Å². The smallest absolute Gasteiger partial charge is 0.224 e. The number of rotatable bonds is 4. The molecule has 0 radical (unpaired) electrons. The summed E-state index contributed by atoms with van der Waals surface area (Å²) >= 11 is 0. The van der Waals surface area contributed by atoms with Gasteiger partial charge >= 0.3 is 0 Å². The van der Waals surface area contributed by atoms with Gasteiger partial charge in [0.1, 0.15) is 18.0 Å². The van der Waals surface area contributed by atoms with Crippen molar-refractivity contribution in [3.8, 4) is 5.88 Å². The van der Waals surface area contributed by atoms with E-state index in [0.717, 1.165) is 65.4 Å². The van der Waals surface area contributed by atoms with E-state index in [0.29, 0.717) is 5.88 Å². The highest BCUT2D eigenvalue weighted by atomic mass is 16.5. The van der Waals surface area contributed by atoms with Crippen molar-refractivity contribution in [3.63, 3.8) is 0 Å². The Morgan fingerprint density at radius 3 is 2.52 bits per heavy atom. The van der Waals surface area contributed by atoms with Crippen LogP contribution in [0.1, 0.15) is 19.7 Å². The number of fused-ring (bicyclic) bond motifs is 2. The van der Waals surface area contributed by atoms with Crippen molar-refractivity contribution in [2.45, 2.75) is 26.9 Å². The highest BCUT2D eigenvalue weighted by Crippen LogP contribution is 2.29. The minimum atomic E-state index is 0.0610. The molecule has 1 fully saturated rings. The quantitative estimate of drug-likeness (QED) is 0.500. The number of ether oxygens (including phenoxy) is 1. The largest absolute Gasteiger partial charge is 0.474 e. The molecule has 0 N–H and O–H groups in total. The number of nitrogens with zero attached hydrogens (tertiary/aromatic N) is 8. The van der Waals surface area contributed by atoms with Crippen LogP contribution in [0.2, 0.25) is 0 Å². The molecule has 4 aromatic rings. The molecule has 1 aliphatic heterocycles. The van der Waals surface area contributed by atoms with Crippen LogP contribution >= 0.6 is 0 Å². The van der Waals surface area contributed by atoms with E-state index in [9.17, 15) is 0 Å². The van der Waals surface area contributed by atoms with Gasteiger partial charge in [0.05, 0.1) is 28.6 Å². The Bertz CT molecular complexity index is 1240. The summed E-state index contributed by atoms with van der Waals surface area (Å²) in [5, 5.41) is 6.31. The summed E-state index contributed by atoms with van der Waals surface area (Å²) < 4.78 is 7.70. The first-order valence-corrected chi connectivity index (χ1v) is 10.6. The second-order valence-electron chi connectivity index (χ2n) is 8.12. The Hall–Kier alpha value is -3.49. The summed E-state index contributed by atoms with van der Waals surface area (Å²) in [6, 6.07) is 6.30. The molecule has 0 unspecified atom stereocenters. The van der Waals surface area contributed by atoms with Gasteiger partial charge in [-0.2, -0.15) is 5.10 Å². The van der Waals surface area contributed by atoms with Crippen LogP contribution in [0, 0.1) is 6.92 Å². The van der Waals surface area contributed by atoms with E-state index in [1.54, 1.807) is 11.0 Å². The molecule has 0 saturated carbocycles. The zero-order valence-corrected chi connectivity index (χ0v) is 18.3. The van der Waals surface area contributed by atoms with Crippen LogP contribution in [0.25, 0.3) is 21.9 Å². The number of hydrogen-bond acceptors (Lipinski definition) is 8. The molecule has 0 aliphatic carbocycles. The average molecular weight is 419 g/mol. The SMILES string of the molecule is Cc1nc(N2CCN(c3ccc4ncnc(OC(C)C)c4c3)CC2)c2cnn(C)c2n1. The van der Waals surface area contributed by atoms with Crippen molar-refractivity contribution >= 4 is 33.4 Å². The summed E-state index contributed by atoms with van der Waals surface area (Å²) in [5.74, 6) is 2.37. The van der Waals surface area contributed by atoms with Crippen molar-refractivity contribution in [1.29, 1.82) is 0 Å². The fraction of sp³-hybridized carbons (Fsp3) is 0.409. The number of piperazine rings is 1. The Labute approximate surface area is 180 Å². The van der Waals surface area contributed by atoms with Gasteiger partial charge < -0.3 is 14.5 Å². The summed E-state index contributed by atoms with van der Waals surface area (Å²) in [5.41, 5.74) is 2.92. The first-order chi connectivity index (χ1) is 15.0. The first kappa shape index (κ1) is 19.5. The first-order valence-electron chi connectivity index (χ1n) is 10.6. The van der Waals surface area contributed by atoms with Crippen LogP contribution in [0.5, 0.6) is 5.88 Å². The number of anilines is 2. The molecule has 160 valence electrons. The Balaban J connectivity index is 1.39. The molecular formula is C22H26N8O. The summed E-state index contributed by atoms with van der Waals surface area (Å²) in [7, 11) is 1.91. The summed E-state index contributed by atoms with van der Waals surface area (Å²) in [6.45, 7) is 9.48. The van der Waals surface area contributed by atoms with Crippen LogP contribution in [0.15, 0.2) is 30.7 Å². The fourth-order valence-electron chi connectivity index (χ4n) is 4.07. The van der Waals surface area contributed by atoms with Crippen molar-refractivity contribution in [3.05, 3.63) is 36.5 Å². The fourth-order valence-corrected chi connectivity index (χ4v) is 4.07. The molecule has 4 heterocycles. The van der Waals surface area contributed by atoms with Gasteiger partial charge in [0.15, 0.2) is 5.65 Å². The highest BCUT2D eigenvalue weighted by molar-refractivity contribution is 5.88. The second kappa shape index (κ2) is 7.64. The van der Waals surface area contributed by atoms with Gasteiger partial charge in [0.25, 0.3) is 0 Å². The lowest BCUT2D eigenvalue weighted by Crippen LogP contribution is -2.47. The van der Waals surface area contributed by atoms with E-state index >= 15 is 0 Å². The number of aryl methyl sites for hydroxylation is 2. The monoisotopic (exact) mass is 418 g/mol. The molecule has 31 heavy (non-hydrogen) atoms. The van der Waals surface area contributed by atoms with Crippen LogP contribution in [0.4, 0.5) is 11.5 Å². The average Bonchev–Trinajstić information content (AvgIpc) is 3.13. The van der Waals surface area contributed by atoms with Gasteiger partial charge in [-0.15, -0.1) is 0 Å². The Morgan fingerprint density at radius 1 is 0.968 bits per heavy atom. The lowest BCUT2D eigenvalue weighted by Gasteiger charge is -2.37. The van der Waals surface area contributed by atoms with E-state index in [2.05, 4.69) is 42.0 Å². The third-order valence-electron chi connectivity index (χ3n) is 5.56.